The van der Waals surface area contributed by atoms with E-state index in [4.69, 9.17) is 4.74 Å². The highest BCUT2D eigenvalue weighted by Gasteiger charge is 2.47. The average Bonchev–Trinajstić information content (AvgIpc) is 2.85. The molecule has 5 rings (SSSR count). The Morgan fingerprint density at radius 1 is 0.970 bits per heavy atom. The molecule has 166 valence electrons. The molecule has 1 aliphatic heterocycles. The van der Waals surface area contributed by atoms with Crippen molar-refractivity contribution in [3.8, 4) is 17.1 Å². The lowest BCUT2D eigenvalue weighted by Gasteiger charge is -2.38. The van der Waals surface area contributed by atoms with Crippen LogP contribution in [0.1, 0.15) is 16.8 Å². The van der Waals surface area contributed by atoms with Crippen molar-refractivity contribution >= 4 is 16.8 Å². The summed E-state index contributed by atoms with van der Waals surface area (Å²) < 4.78 is 35.1. The Balaban J connectivity index is 1.40. The molecule has 1 saturated heterocycles. The van der Waals surface area contributed by atoms with Crippen LogP contribution in [-0.4, -0.2) is 45.9 Å². The van der Waals surface area contributed by atoms with Crippen molar-refractivity contribution in [1.29, 1.82) is 0 Å². The molecule has 1 fully saturated rings. The fourth-order valence-electron chi connectivity index (χ4n) is 4.01. The van der Waals surface area contributed by atoms with E-state index in [0.717, 1.165) is 10.9 Å². The van der Waals surface area contributed by atoms with Gasteiger partial charge in [0.25, 0.3) is 11.8 Å². The van der Waals surface area contributed by atoms with Gasteiger partial charge in [-0.25, -0.2) is 13.8 Å². The fourth-order valence-corrected chi connectivity index (χ4v) is 4.01. The van der Waals surface area contributed by atoms with Gasteiger partial charge in [-0.05, 0) is 24.3 Å². The Bertz CT molecular complexity index is 1300. The van der Waals surface area contributed by atoms with Crippen LogP contribution in [0.5, 0.6) is 5.88 Å². The van der Waals surface area contributed by atoms with Crippen molar-refractivity contribution in [2.45, 2.75) is 18.4 Å². The summed E-state index contributed by atoms with van der Waals surface area (Å²) in [6.07, 6.45) is -0.376. The lowest BCUT2D eigenvalue weighted by atomic mass is 10.0. The first-order valence-corrected chi connectivity index (χ1v) is 10.7. The van der Waals surface area contributed by atoms with Crippen molar-refractivity contribution in [2.75, 3.05) is 13.1 Å². The summed E-state index contributed by atoms with van der Waals surface area (Å²) in [5.41, 5.74) is 2.34. The summed E-state index contributed by atoms with van der Waals surface area (Å²) in [4.78, 5) is 23.5. The number of nitrogens with zero attached hydrogens (tertiary/aromatic N) is 3. The highest BCUT2D eigenvalue weighted by atomic mass is 19.3. The van der Waals surface area contributed by atoms with Gasteiger partial charge in [0.1, 0.15) is 0 Å². The third-order valence-corrected chi connectivity index (χ3v) is 5.78. The van der Waals surface area contributed by atoms with Crippen molar-refractivity contribution in [2.24, 2.45) is 0 Å². The van der Waals surface area contributed by atoms with E-state index in [9.17, 15) is 13.6 Å². The predicted molar refractivity (Wildman–Crippen MR) is 121 cm³/mol. The second-order valence-corrected chi connectivity index (χ2v) is 7.98. The second-order valence-electron chi connectivity index (χ2n) is 7.98. The van der Waals surface area contributed by atoms with E-state index in [0.29, 0.717) is 16.8 Å². The van der Waals surface area contributed by atoms with Crippen LogP contribution in [0.15, 0.2) is 85.1 Å². The predicted octanol–water partition coefficient (Wildman–Crippen LogP) is 5.23. The topological polar surface area (TPSA) is 55.3 Å². The van der Waals surface area contributed by atoms with Crippen LogP contribution >= 0.6 is 0 Å². The largest absolute Gasteiger partial charge is 0.466 e. The van der Waals surface area contributed by atoms with E-state index in [1.54, 1.807) is 36.5 Å². The summed E-state index contributed by atoms with van der Waals surface area (Å²) >= 11 is 0. The minimum absolute atomic E-state index is 0.0695. The summed E-state index contributed by atoms with van der Waals surface area (Å²) in [7, 11) is 0. The van der Waals surface area contributed by atoms with Crippen LogP contribution in [0.25, 0.3) is 22.2 Å². The van der Waals surface area contributed by atoms with Gasteiger partial charge in [-0.2, -0.15) is 0 Å². The molecule has 1 unspecified atom stereocenters. The van der Waals surface area contributed by atoms with E-state index in [1.165, 1.54) is 4.90 Å². The van der Waals surface area contributed by atoms with Crippen LogP contribution in [0.3, 0.4) is 0 Å². The molecular formula is C26H21F2N3O2. The van der Waals surface area contributed by atoms with Gasteiger partial charge in [0.05, 0.1) is 23.3 Å². The number of carbonyl (C=O) groups is 1. The van der Waals surface area contributed by atoms with Gasteiger partial charge in [-0.3, -0.25) is 9.78 Å². The molecule has 5 nitrogen and oxygen atoms in total. The number of alkyl halides is 2. The number of carbonyl (C=O) groups excluding carboxylic acids is 1. The summed E-state index contributed by atoms with van der Waals surface area (Å²) in [6.45, 7) is -0.316. The monoisotopic (exact) mass is 445 g/mol. The molecule has 1 atom stereocenters. The van der Waals surface area contributed by atoms with Gasteiger partial charge in [-0.1, -0.05) is 48.5 Å². The zero-order valence-electron chi connectivity index (χ0n) is 17.7. The highest BCUT2D eigenvalue weighted by molar-refractivity contribution is 6.00. The number of hydrogen-bond donors (Lipinski definition) is 0. The van der Waals surface area contributed by atoms with E-state index in [1.807, 2.05) is 48.5 Å². The normalized spacial score (nSPS) is 17.6. The molecule has 0 radical (unpaired) electrons. The highest BCUT2D eigenvalue weighted by Crippen LogP contribution is 2.33. The Morgan fingerprint density at radius 2 is 1.76 bits per heavy atom. The number of fused-ring (bicyclic) bond motifs is 1. The number of para-hydroxylation sites is 1. The number of rotatable bonds is 4. The van der Waals surface area contributed by atoms with Crippen molar-refractivity contribution in [3.63, 3.8) is 0 Å². The van der Waals surface area contributed by atoms with Crippen LogP contribution in [0, 0.1) is 0 Å². The SMILES string of the molecule is O=C(c1cccnc1-c1ccccc1)N1CCC(F)(F)C(Oc2ccc3ccccc3n2)C1. The van der Waals surface area contributed by atoms with E-state index in [-0.39, 0.29) is 24.9 Å². The molecule has 3 heterocycles. The molecule has 0 spiro atoms. The first kappa shape index (κ1) is 21.0. The zero-order valence-corrected chi connectivity index (χ0v) is 17.7. The summed E-state index contributed by atoms with van der Waals surface area (Å²) in [5.74, 6) is -3.32. The quantitative estimate of drug-likeness (QED) is 0.432. The van der Waals surface area contributed by atoms with Gasteiger partial charge < -0.3 is 9.64 Å². The lowest BCUT2D eigenvalue weighted by Crippen LogP contribution is -2.55. The zero-order chi connectivity index (χ0) is 22.8. The van der Waals surface area contributed by atoms with Gasteiger partial charge in [-0.15, -0.1) is 0 Å². The molecule has 33 heavy (non-hydrogen) atoms. The lowest BCUT2D eigenvalue weighted by molar-refractivity contribution is -0.131. The van der Waals surface area contributed by atoms with Crippen LogP contribution < -0.4 is 4.74 Å². The number of pyridine rings is 2. The maximum atomic E-state index is 14.7. The number of aromatic nitrogens is 2. The fraction of sp³-hybridized carbons (Fsp3) is 0.192. The standard InChI is InChI=1S/C26H21F2N3O2/c27-26(28)14-16-31(17-22(26)33-23-13-12-18-7-4-5-11-21(18)30-23)25(32)20-10-6-15-29-24(20)19-8-2-1-3-9-19/h1-13,15,22H,14,16-17H2. The third kappa shape index (κ3) is 4.26. The Morgan fingerprint density at radius 3 is 2.61 bits per heavy atom. The molecule has 4 aromatic rings. The smallest absolute Gasteiger partial charge is 0.287 e. The summed E-state index contributed by atoms with van der Waals surface area (Å²) in [5, 5.41) is 0.891. The van der Waals surface area contributed by atoms with Gasteiger partial charge >= 0.3 is 0 Å². The number of ether oxygens (including phenoxy) is 1. The first-order chi connectivity index (χ1) is 16.0. The minimum Gasteiger partial charge on any atom is -0.466 e. The second kappa shape index (κ2) is 8.58. The molecule has 0 N–H and O–H groups in total. The number of benzene rings is 2. The van der Waals surface area contributed by atoms with E-state index in [2.05, 4.69) is 9.97 Å². The maximum Gasteiger partial charge on any atom is 0.287 e. The summed E-state index contributed by atoms with van der Waals surface area (Å²) in [6, 6.07) is 23.4. The molecule has 0 bridgehead atoms. The van der Waals surface area contributed by atoms with Crippen LogP contribution in [0.4, 0.5) is 8.78 Å². The van der Waals surface area contributed by atoms with Crippen molar-refractivity contribution < 1.29 is 18.3 Å². The minimum atomic E-state index is -3.08. The van der Waals surface area contributed by atoms with E-state index >= 15 is 0 Å². The van der Waals surface area contributed by atoms with Crippen molar-refractivity contribution in [3.05, 3.63) is 90.6 Å². The Hall–Kier alpha value is -3.87. The maximum absolute atomic E-state index is 14.7. The number of halogens is 2. The Labute approximate surface area is 189 Å². The number of likely N-dealkylation sites (tertiary alicyclic amines) is 1. The molecule has 1 aliphatic rings. The first-order valence-electron chi connectivity index (χ1n) is 10.7. The third-order valence-electron chi connectivity index (χ3n) is 5.78. The molecule has 1 amide bonds. The Kier molecular flexibility index (Phi) is 5.46. The van der Waals surface area contributed by atoms with Gasteiger partial charge in [0.15, 0.2) is 6.10 Å². The number of hydrogen-bond acceptors (Lipinski definition) is 4. The van der Waals surface area contributed by atoms with Crippen LogP contribution in [-0.2, 0) is 0 Å². The molecule has 2 aromatic carbocycles. The number of piperidine rings is 1. The molecule has 0 aliphatic carbocycles. The van der Waals surface area contributed by atoms with Gasteiger partial charge in [0, 0.05) is 36.2 Å². The molecule has 2 aromatic heterocycles. The van der Waals surface area contributed by atoms with Crippen LogP contribution in [0.2, 0.25) is 0 Å². The number of amides is 1. The molecule has 0 saturated carbocycles. The van der Waals surface area contributed by atoms with E-state index < -0.39 is 18.4 Å². The average molecular weight is 445 g/mol. The molecular weight excluding hydrogens is 424 g/mol. The van der Waals surface area contributed by atoms with Gasteiger partial charge in [0.2, 0.25) is 5.88 Å². The molecule has 7 heteroatoms. The van der Waals surface area contributed by atoms with Crippen molar-refractivity contribution in [1.82, 2.24) is 14.9 Å².